The lowest BCUT2D eigenvalue weighted by Crippen LogP contribution is -2.31. The number of benzene rings is 1. The molecule has 0 heterocycles. The number of hydrogen-bond donors (Lipinski definition) is 1. The van der Waals surface area contributed by atoms with Gasteiger partial charge >= 0.3 is 0 Å². The Hall–Kier alpha value is -0.980. The summed E-state index contributed by atoms with van der Waals surface area (Å²) in [5.74, 6) is 2.19. The molecule has 0 spiro atoms. The van der Waals surface area contributed by atoms with Crippen LogP contribution in [0.1, 0.15) is 17.3 Å². The Morgan fingerprint density at radius 2 is 2.33 bits per heavy atom. The highest BCUT2D eigenvalue weighted by Gasteiger charge is 2.09. The zero-order valence-electron chi connectivity index (χ0n) is 8.05. The molecule has 2 nitrogen and oxygen atoms in total. The van der Waals surface area contributed by atoms with Crippen molar-refractivity contribution >= 4 is 33.4 Å². The normalized spacial score (nSPS) is 11.6. The first-order valence-corrected chi connectivity index (χ1v) is 5.43. The molecule has 0 aliphatic carbocycles. The van der Waals surface area contributed by atoms with Gasteiger partial charge < -0.3 is 5.32 Å². The molecule has 1 aromatic rings. The third-order valence-electron chi connectivity index (χ3n) is 1.78. The van der Waals surface area contributed by atoms with Crippen molar-refractivity contribution in [3.63, 3.8) is 0 Å². The average molecular weight is 287 g/mol. The minimum Gasteiger partial charge on any atom is -0.339 e. The number of carbonyl (C=O) groups is 1. The minimum absolute atomic E-state index is 0.227. The molecule has 0 aliphatic rings. The van der Waals surface area contributed by atoms with Gasteiger partial charge in [0.05, 0.1) is 11.1 Å². The Morgan fingerprint density at radius 3 is 2.87 bits per heavy atom. The summed E-state index contributed by atoms with van der Waals surface area (Å²) in [4.78, 5) is 11.6. The van der Waals surface area contributed by atoms with Gasteiger partial charge in [0, 0.05) is 10.0 Å². The topological polar surface area (TPSA) is 29.1 Å². The van der Waals surface area contributed by atoms with Crippen LogP contribution in [0, 0.1) is 12.3 Å². The third kappa shape index (κ3) is 3.26. The Bertz CT molecular complexity index is 425. The maximum atomic E-state index is 11.6. The van der Waals surface area contributed by atoms with E-state index < -0.39 is 0 Å². The van der Waals surface area contributed by atoms with Crippen LogP contribution in [0.25, 0.3) is 0 Å². The maximum Gasteiger partial charge on any atom is 0.252 e. The quantitative estimate of drug-likeness (QED) is 0.832. The summed E-state index contributed by atoms with van der Waals surface area (Å²) < 4.78 is 0.755. The van der Waals surface area contributed by atoms with Gasteiger partial charge in [-0.05, 0) is 41.1 Å². The first-order chi connectivity index (χ1) is 7.04. The first-order valence-electron chi connectivity index (χ1n) is 4.26. The van der Waals surface area contributed by atoms with Crippen molar-refractivity contribution < 1.29 is 4.79 Å². The van der Waals surface area contributed by atoms with Crippen LogP contribution >= 0.6 is 27.5 Å². The Kier molecular flexibility index (Phi) is 4.19. The van der Waals surface area contributed by atoms with Gasteiger partial charge in [0.1, 0.15) is 0 Å². The second-order valence-corrected chi connectivity index (χ2v) is 4.25. The Balaban J connectivity index is 2.84. The molecule has 0 saturated heterocycles. The highest BCUT2D eigenvalue weighted by molar-refractivity contribution is 9.10. The fraction of sp³-hybridized carbons (Fsp3) is 0.182. The van der Waals surface area contributed by atoms with E-state index in [1.54, 1.807) is 25.1 Å². The van der Waals surface area contributed by atoms with E-state index in [0.29, 0.717) is 10.6 Å². The monoisotopic (exact) mass is 285 g/mol. The zero-order chi connectivity index (χ0) is 11.4. The summed E-state index contributed by atoms with van der Waals surface area (Å²) in [6, 6.07) is 4.69. The summed E-state index contributed by atoms with van der Waals surface area (Å²) in [5, 5.41) is 3.14. The van der Waals surface area contributed by atoms with Gasteiger partial charge in [0.25, 0.3) is 5.91 Å². The lowest BCUT2D eigenvalue weighted by molar-refractivity contribution is 0.0948. The van der Waals surface area contributed by atoms with E-state index in [2.05, 4.69) is 27.2 Å². The van der Waals surface area contributed by atoms with Gasteiger partial charge in [-0.1, -0.05) is 17.5 Å². The molecule has 1 rings (SSSR count). The molecule has 15 heavy (non-hydrogen) atoms. The van der Waals surface area contributed by atoms with E-state index in [9.17, 15) is 4.79 Å². The molecule has 0 aliphatic heterocycles. The fourth-order valence-corrected chi connectivity index (χ4v) is 1.39. The number of rotatable bonds is 2. The molecule has 1 unspecified atom stereocenters. The molecule has 1 atom stereocenters. The number of carbonyl (C=O) groups excluding carboxylic acids is 1. The average Bonchev–Trinajstić information content (AvgIpc) is 2.21. The van der Waals surface area contributed by atoms with Crippen molar-refractivity contribution in [3.8, 4) is 12.3 Å². The SMILES string of the molecule is C#CC(C)NC(=O)c1ccc(Br)c(Cl)c1. The molecule has 4 heteroatoms. The van der Waals surface area contributed by atoms with Crippen LogP contribution in [0.5, 0.6) is 0 Å². The van der Waals surface area contributed by atoms with Crippen molar-refractivity contribution in [2.45, 2.75) is 13.0 Å². The van der Waals surface area contributed by atoms with Crippen LogP contribution in [0.15, 0.2) is 22.7 Å². The van der Waals surface area contributed by atoms with Crippen molar-refractivity contribution in [1.82, 2.24) is 5.32 Å². The summed E-state index contributed by atoms with van der Waals surface area (Å²) in [7, 11) is 0. The fourth-order valence-electron chi connectivity index (χ4n) is 0.959. The van der Waals surface area contributed by atoms with Gasteiger partial charge in [-0.25, -0.2) is 0 Å². The second-order valence-electron chi connectivity index (χ2n) is 2.99. The van der Waals surface area contributed by atoms with Crippen molar-refractivity contribution in [2.75, 3.05) is 0 Å². The predicted octanol–water partition coefficient (Wildman–Crippen LogP) is 2.85. The minimum atomic E-state index is -0.292. The molecule has 78 valence electrons. The number of amides is 1. The van der Waals surface area contributed by atoms with Gasteiger partial charge in [0.15, 0.2) is 0 Å². The first kappa shape index (κ1) is 12.1. The molecule has 1 amide bonds. The van der Waals surface area contributed by atoms with E-state index in [0.717, 1.165) is 4.47 Å². The predicted molar refractivity (Wildman–Crippen MR) is 64.9 cm³/mol. The van der Waals surface area contributed by atoms with E-state index in [4.69, 9.17) is 18.0 Å². The highest BCUT2D eigenvalue weighted by Crippen LogP contribution is 2.23. The number of halogens is 2. The number of hydrogen-bond acceptors (Lipinski definition) is 1. The number of terminal acetylenes is 1. The van der Waals surface area contributed by atoms with Crippen LogP contribution in [0.3, 0.4) is 0 Å². The molecular formula is C11H9BrClNO. The maximum absolute atomic E-state index is 11.6. The van der Waals surface area contributed by atoms with Crippen molar-refractivity contribution in [1.29, 1.82) is 0 Å². The zero-order valence-corrected chi connectivity index (χ0v) is 10.4. The van der Waals surface area contributed by atoms with Crippen LogP contribution < -0.4 is 5.32 Å². The van der Waals surface area contributed by atoms with Gasteiger partial charge in [-0.15, -0.1) is 6.42 Å². The van der Waals surface area contributed by atoms with Crippen molar-refractivity contribution in [3.05, 3.63) is 33.3 Å². The van der Waals surface area contributed by atoms with Crippen LogP contribution in [0.4, 0.5) is 0 Å². The van der Waals surface area contributed by atoms with Gasteiger partial charge in [-0.3, -0.25) is 4.79 Å². The summed E-state index contributed by atoms with van der Waals surface area (Å²) in [6.45, 7) is 1.73. The van der Waals surface area contributed by atoms with Crippen molar-refractivity contribution in [2.24, 2.45) is 0 Å². The molecule has 0 bridgehead atoms. The van der Waals surface area contributed by atoms with E-state index in [1.807, 2.05) is 0 Å². The Labute approximate surface area is 102 Å². The summed E-state index contributed by atoms with van der Waals surface area (Å²) in [5.41, 5.74) is 0.491. The molecule has 0 saturated carbocycles. The van der Waals surface area contributed by atoms with E-state index in [1.165, 1.54) is 0 Å². The van der Waals surface area contributed by atoms with Gasteiger partial charge in [-0.2, -0.15) is 0 Å². The van der Waals surface area contributed by atoms with E-state index in [-0.39, 0.29) is 11.9 Å². The molecule has 1 N–H and O–H groups in total. The standard InChI is InChI=1S/C11H9BrClNO/c1-3-7(2)14-11(15)8-4-5-9(12)10(13)6-8/h1,4-7H,2H3,(H,14,15). The van der Waals surface area contributed by atoms with Crippen LogP contribution in [-0.4, -0.2) is 11.9 Å². The smallest absolute Gasteiger partial charge is 0.252 e. The van der Waals surface area contributed by atoms with E-state index >= 15 is 0 Å². The Morgan fingerprint density at radius 1 is 1.67 bits per heavy atom. The third-order valence-corrected chi connectivity index (χ3v) is 3.01. The van der Waals surface area contributed by atoms with Crippen LogP contribution in [0.2, 0.25) is 5.02 Å². The largest absolute Gasteiger partial charge is 0.339 e. The second kappa shape index (κ2) is 5.20. The molecule has 0 radical (unpaired) electrons. The molecular weight excluding hydrogens is 277 g/mol. The molecule has 1 aromatic carbocycles. The lowest BCUT2D eigenvalue weighted by Gasteiger charge is -2.08. The summed E-state index contributed by atoms with van der Waals surface area (Å²) >= 11 is 9.11. The molecule has 0 fully saturated rings. The number of nitrogens with one attached hydrogen (secondary N) is 1. The van der Waals surface area contributed by atoms with Gasteiger partial charge in [0.2, 0.25) is 0 Å². The highest BCUT2D eigenvalue weighted by atomic mass is 79.9. The summed E-state index contributed by atoms with van der Waals surface area (Å²) in [6.07, 6.45) is 5.15. The molecule has 0 aromatic heterocycles. The van der Waals surface area contributed by atoms with Crippen LogP contribution in [-0.2, 0) is 0 Å². The lowest BCUT2D eigenvalue weighted by atomic mass is 10.2.